The smallest absolute Gasteiger partial charge is 0.176 e. The van der Waals surface area contributed by atoms with Crippen molar-refractivity contribution in [3.8, 4) is 0 Å². The monoisotopic (exact) mass is 298 g/mol. The molecule has 1 aromatic rings. The summed E-state index contributed by atoms with van der Waals surface area (Å²) in [4.78, 5) is 13.1. The van der Waals surface area contributed by atoms with Crippen molar-refractivity contribution in [3.05, 3.63) is 29.3 Å². The molecule has 1 aromatic carbocycles. The molecule has 0 radical (unpaired) electrons. The summed E-state index contributed by atoms with van der Waals surface area (Å²) in [5.41, 5.74) is 2.19. The van der Waals surface area contributed by atoms with Crippen LogP contribution < -0.4 is 0 Å². The van der Waals surface area contributed by atoms with Gasteiger partial charge in [-0.05, 0) is 49.6 Å². The molecule has 0 saturated carbocycles. The molecule has 86 valence electrons. The van der Waals surface area contributed by atoms with E-state index in [-0.39, 0.29) is 10.6 Å². The quantitative estimate of drug-likeness (QED) is 0.604. The maximum atomic E-state index is 11.9. The van der Waals surface area contributed by atoms with E-state index in [1.54, 1.807) is 0 Å². The number of fused-ring (bicyclic) bond motifs is 1. The van der Waals surface area contributed by atoms with Gasteiger partial charge in [0.25, 0.3) is 0 Å². The maximum absolute atomic E-state index is 11.9. The Morgan fingerprint density at radius 1 is 1.44 bits per heavy atom. The highest BCUT2D eigenvalue weighted by Crippen LogP contribution is 2.30. The first-order chi connectivity index (χ1) is 7.68. The van der Waals surface area contributed by atoms with Crippen molar-refractivity contribution in [1.82, 2.24) is 0 Å². The number of alkyl halides is 1. The van der Waals surface area contributed by atoms with E-state index in [0.717, 1.165) is 12.0 Å². The van der Waals surface area contributed by atoms with Crippen LogP contribution in [-0.4, -0.2) is 16.4 Å². The third-order valence-corrected chi connectivity index (χ3v) is 4.42. The van der Waals surface area contributed by atoms with Crippen molar-refractivity contribution in [3.63, 3.8) is 0 Å². The zero-order valence-electron chi connectivity index (χ0n) is 9.33. The molecule has 2 rings (SSSR count). The molecule has 0 spiro atoms. The minimum atomic E-state index is -0.0935. The van der Waals surface area contributed by atoms with E-state index < -0.39 is 0 Å². The summed E-state index contributed by atoms with van der Waals surface area (Å²) in [6.45, 7) is 1.88. The molecule has 0 N–H and O–H groups in total. The molecule has 1 aliphatic rings. The van der Waals surface area contributed by atoms with Gasteiger partial charge in [0.15, 0.2) is 5.78 Å². The lowest BCUT2D eigenvalue weighted by Gasteiger charge is -2.08. The van der Waals surface area contributed by atoms with Crippen molar-refractivity contribution in [2.75, 3.05) is 5.75 Å². The maximum Gasteiger partial charge on any atom is 0.176 e. The second kappa shape index (κ2) is 5.37. The van der Waals surface area contributed by atoms with Crippen LogP contribution in [-0.2, 0) is 6.42 Å². The predicted molar refractivity (Wildman–Crippen MR) is 72.8 cm³/mol. The van der Waals surface area contributed by atoms with E-state index in [1.807, 2.05) is 24.8 Å². The summed E-state index contributed by atoms with van der Waals surface area (Å²) >= 11 is 5.25. The third kappa shape index (κ3) is 2.69. The molecule has 1 aliphatic heterocycles. The SMILES string of the molecule is CC(Br)C(=O)c1ccc2c(c1)CCCCS2. The van der Waals surface area contributed by atoms with Crippen LogP contribution in [0.15, 0.2) is 23.1 Å². The molecular weight excluding hydrogens is 284 g/mol. The highest BCUT2D eigenvalue weighted by molar-refractivity contribution is 9.10. The number of hydrogen-bond donors (Lipinski definition) is 0. The van der Waals surface area contributed by atoms with E-state index in [9.17, 15) is 4.79 Å². The van der Waals surface area contributed by atoms with Crippen molar-refractivity contribution < 1.29 is 4.79 Å². The van der Waals surface area contributed by atoms with Gasteiger partial charge < -0.3 is 0 Å². The number of carbonyl (C=O) groups is 1. The van der Waals surface area contributed by atoms with E-state index in [4.69, 9.17) is 0 Å². The van der Waals surface area contributed by atoms with Gasteiger partial charge in [0.05, 0.1) is 4.83 Å². The van der Waals surface area contributed by atoms with Gasteiger partial charge in [-0.3, -0.25) is 4.79 Å². The largest absolute Gasteiger partial charge is 0.293 e. The minimum Gasteiger partial charge on any atom is -0.293 e. The Labute approximate surface area is 109 Å². The summed E-state index contributed by atoms with van der Waals surface area (Å²) in [6, 6.07) is 6.14. The summed E-state index contributed by atoms with van der Waals surface area (Å²) in [7, 11) is 0. The van der Waals surface area contributed by atoms with Crippen molar-refractivity contribution in [1.29, 1.82) is 0 Å². The fraction of sp³-hybridized carbons (Fsp3) is 0.462. The Morgan fingerprint density at radius 3 is 3.00 bits per heavy atom. The number of benzene rings is 1. The Morgan fingerprint density at radius 2 is 2.25 bits per heavy atom. The van der Waals surface area contributed by atoms with Crippen molar-refractivity contribution in [2.24, 2.45) is 0 Å². The van der Waals surface area contributed by atoms with Crippen LogP contribution in [0.3, 0.4) is 0 Å². The summed E-state index contributed by atoms with van der Waals surface area (Å²) < 4.78 is 0. The lowest BCUT2D eigenvalue weighted by atomic mass is 10.0. The highest BCUT2D eigenvalue weighted by atomic mass is 79.9. The van der Waals surface area contributed by atoms with Gasteiger partial charge in [-0.1, -0.05) is 22.0 Å². The van der Waals surface area contributed by atoms with Gasteiger partial charge in [0.2, 0.25) is 0 Å². The molecule has 1 atom stereocenters. The van der Waals surface area contributed by atoms with Crippen LogP contribution in [0.2, 0.25) is 0 Å². The number of aryl methyl sites for hydroxylation is 1. The molecule has 1 unspecified atom stereocenters. The van der Waals surface area contributed by atoms with Gasteiger partial charge in [-0.2, -0.15) is 0 Å². The lowest BCUT2D eigenvalue weighted by molar-refractivity contribution is 0.0995. The average Bonchev–Trinajstić information content (AvgIpc) is 2.51. The third-order valence-electron chi connectivity index (χ3n) is 2.80. The first kappa shape index (κ1) is 12.2. The first-order valence-corrected chi connectivity index (χ1v) is 7.52. The summed E-state index contributed by atoms with van der Waals surface area (Å²) in [5, 5.41) is 0. The van der Waals surface area contributed by atoms with Gasteiger partial charge >= 0.3 is 0 Å². The minimum absolute atomic E-state index is 0.0935. The standard InChI is InChI=1S/C13H15BrOS/c1-9(14)13(15)11-5-6-12-10(8-11)4-2-3-7-16-12/h5-6,8-9H,2-4,7H2,1H3. The second-order valence-electron chi connectivity index (χ2n) is 4.11. The molecule has 0 aliphatic carbocycles. The van der Waals surface area contributed by atoms with E-state index in [0.29, 0.717) is 0 Å². The topological polar surface area (TPSA) is 17.1 Å². The molecule has 0 fully saturated rings. The molecule has 3 heteroatoms. The van der Waals surface area contributed by atoms with E-state index in [2.05, 4.69) is 28.1 Å². The number of halogens is 1. The summed E-state index contributed by atoms with van der Waals surface area (Å²) in [5.74, 6) is 1.38. The fourth-order valence-corrected chi connectivity index (χ4v) is 3.24. The van der Waals surface area contributed by atoms with E-state index >= 15 is 0 Å². The lowest BCUT2D eigenvalue weighted by Crippen LogP contribution is -2.10. The molecule has 0 aromatic heterocycles. The van der Waals surface area contributed by atoms with Crippen LogP contribution in [0.4, 0.5) is 0 Å². The Bertz CT molecular complexity index is 401. The van der Waals surface area contributed by atoms with Crippen LogP contribution in [0.5, 0.6) is 0 Å². The fourth-order valence-electron chi connectivity index (χ4n) is 1.90. The van der Waals surface area contributed by atoms with Gasteiger partial charge in [0.1, 0.15) is 0 Å². The second-order valence-corrected chi connectivity index (χ2v) is 6.62. The molecular formula is C13H15BrOS. The Hall–Kier alpha value is -0.280. The normalized spacial score (nSPS) is 17.4. The molecule has 0 saturated heterocycles. The van der Waals surface area contributed by atoms with Gasteiger partial charge in [-0.25, -0.2) is 0 Å². The van der Waals surface area contributed by atoms with Crippen LogP contribution in [0.25, 0.3) is 0 Å². The zero-order valence-corrected chi connectivity index (χ0v) is 11.7. The molecule has 1 heterocycles. The molecule has 16 heavy (non-hydrogen) atoms. The van der Waals surface area contributed by atoms with Gasteiger partial charge in [0, 0.05) is 10.5 Å². The number of rotatable bonds is 2. The average molecular weight is 299 g/mol. The van der Waals surface area contributed by atoms with Crippen LogP contribution in [0, 0.1) is 0 Å². The molecule has 1 nitrogen and oxygen atoms in total. The van der Waals surface area contributed by atoms with Crippen molar-refractivity contribution >= 4 is 33.5 Å². The van der Waals surface area contributed by atoms with Crippen LogP contribution in [0.1, 0.15) is 35.7 Å². The highest BCUT2D eigenvalue weighted by Gasteiger charge is 2.15. The number of Topliss-reactive ketones (excluding diaryl/α,β-unsaturated/α-hetero) is 1. The number of ketones is 1. The van der Waals surface area contributed by atoms with Crippen molar-refractivity contribution in [2.45, 2.75) is 35.9 Å². The Balaban J connectivity index is 2.30. The first-order valence-electron chi connectivity index (χ1n) is 5.62. The number of thioether (sulfide) groups is 1. The van der Waals surface area contributed by atoms with E-state index in [1.165, 1.54) is 29.1 Å². The van der Waals surface area contributed by atoms with Crippen LogP contribution >= 0.6 is 27.7 Å². The molecule has 0 bridgehead atoms. The Kier molecular flexibility index (Phi) is 4.09. The molecule has 0 amide bonds. The number of carbonyl (C=O) groups excluding carboxylic acids is 1. The van der Waals surface area contributed by atoms with Gasteiger partial charge in [-0.15, -0.1) is 11.8 Å². The zero-order chi connectivity index (χ0) is 11.5. The summed E-state index contributed by atoms with van der Waals surface area (Å²) in [6.07, 6.45) is 3.62. The predicted octanol–water partition coefficient (Wildman–Crippen LogP) is 4.08. The number of hydrogen-bond acceptors (Lipinski definition) is 2.